The molecular weight excluding hydrogens is 330 g/mol. The largest absolute Gasteiger partial charge is 0.368 e. The van der Waals surface area contributed by atoms with Crippen molar-refractivity contribution in [3.8, 4) is 0 Å². The number of para-hydroxylation sites is 1. The van der Waals surface area contributed by atoms with Crippen LogP contribution in [-0.4, -0.2) is 23.6 Å². The van der Waals surface area contributed by atoms with E-state index in [2.05, 4.69) is 10.4 Å². The number of carbonyl (C=O) groups is 2. The zero-order chi connectivity index (χ0) is 18.0. The second-order valence-corrected chi connectivity index (χ2v) is 5.43. The first kappa shape index (κ1) is 16.6. The average Bonchev–Trinajstić information content (AvgIpc) is 3.05. The van der Waals surface area contributed by atoms with E-state index in [0.717, 1.165) is 12.1 Å². The van der Waals surface area contributed by atoms with Crippen molar-refractivity contribution < 1.29 is 18.4 Å². The SMILES string of the molecule is NC(=O)[C@@H]1CC(C(=O)Nc2ccc(F)c(F)c2)=NN1c1ccccc1. The molecule has 1 atom stereocenters. The Labute approximate surface area is 141 Å². The van der Waals surface area contributed by atoms with Crippen LogP contribution in [-0.2, 0) is 9.59 Å². The van der Waals surface area contributed by atoms with Crippen LogP contribution in [0.3, 0.4) is 0 Å². The van der Waals surface area contributed by atoms with Gasteiger partial charge in [0, 0.05) is 18.2 Å². The van der Waals surface area contributed by atoms with Gasteiger partial charge in [0.1, 0.15) is 11.8 Å². The number of primary amides is 1. The molecule has 0 spiro atoms. The van der Waals surface area contributed by atoms with Gasteiger partial charge in [0.25, 0.3) is 5.91 Å². The smallest absolute Gasteiger partial charge is 0.271 e. The van der Waals surface area contributed by atoms with Crippen molar-refractivity contribution in [2.45, 2.75) is 12.5 Å². The fourth-order valence-corrected chi connectivity index (χ4v) is 2.46. The van der Waals surface area contributed by atoms with Crippen LogP contribution in [0.15, 0.2) is 53.6 Å². The number of anilines is 2. The number of hydrogen-bond donors (Lipinski definition) is 2. The number of hydrazone groups is 1. The molecule has 0 aromatic heterocycles. The maximum Gasteiger partial charge on any atom is 0.271 e. The Bertz CT molecular complexity index is 855. The lowest BCUT2D eigenvalue weighted by Crippen LogP contribution is -2.39. The molecule has 3 rings (SSSR count). The predicted octanol–water partition coefficient (Wildman–Crippen LogP) is 2.02. The Morgan fingerprint density at radius 1 is 1.12 bits per heavy atom. The van der Waals surface area contributed by atoms with Gasteiger partial charge in [-0.1, -0.05) is 18.2 Å². The van der Waals surface area contributed by atoms with Crippen molar-refractivity contribution in [2.24, 2.45) is 10.8 Å². The minimum absolute atomic E-state index is 0.0136. The molecule has 0 unspecified atom stereocenters. The highest BCUT2D eigenvalue weighted by molar-refractivity contribution is 6.44. The number of hydrogen-bond acceptors (Lipinski definition) is 4. The molecule has 0 bridgehead atoms. The van der Waals surface area contributed by atoms with Crippen molar-refractivity contribution in [1.29, 1.82) is 0 Å². The molecule has 6 nitrogen and oxygen atoms in total. The molecule has 128 valence electrons. The second kappa shape index (κ2) is 6.68. The summed E-state index contributed by atoms with van der Waals surface area (Å²) in [5.41, 5.74) is 6.16. The summed E-state index contributed by atoms with van der Waals surface area (Å²) in [5.74, 6) is -3.33. The second-order valence-electron chi connectivity index (χ2n) is 5.43. The Hall–Kier alpha value is -3.29. The van der Waals surface area contributed by atoms with Gasteiger partial charge < -0.3 is 11.1 Å². The van der Waals surface area contributed by atoms with Crippen LogP contribution >= 0.6 is 0 Å². The fourth-order valence-electron chi connectivity index (χ4n) is 2.46. The number of nitrogens with zero attached hydrogens (tertiary/aromatic N) is 2. The number of carbonyl (C=O) groups excluding carboxylic acids is 2. The van der Waals surface area contributed by atoms with Crippen LogP contribution in [0, 0.1) is 11.6 Å². The summed E-state index contributed by atoms with van der Waals surface area (Å²) in [7, 11) is 0. The van der Waals surface area contributed by atoms with Crippen LogP contribution in [0.1, 0.15) is 6.42 Å². The summed E-state index contributed by atoms with van der Waals surface area (Å²) in [5, 5.41) is 7.97. The van der Waals surface area contributed by atoms with Gasteiger partial charge in [-0.3, -0.25) is 14.6 Å². The van der Waals surface area contributed by atoms with E-state index in [0.29, 0.717) is 5.69 Å². The zero-order valence-electron chi connectivity index (χ0n) is 12.9. The molecule has 0 saturated carbocycles. The van der Waals surface area contributed by atoms with Gasteiger partial charge in [0.15, 0.2) is 11.6 Å². The lowest BCUT2D eigenvalue weighted by atomic mass is 10.1. The van der Waals surface area contributed by atoms with Gasteiger partial charge in [0.2, 0.25) is 5.91 Å². The van der Waals surface area contributed by atoms with Crippen molar-refractivity contribution >= 4 is 28.9 Å². The molecular formula is C17H14F2N4O2. The summed E-state index contributed by atoms with van der Waals surface area (Å²) in [4.78, 5) is 24.0. The fraction of sp³-hybridized carbons (Fsp3) is 0.118. The lowest BCUT2D eigenvalue weighted by Gasteiger charge is -2.20. The van der Waals surface area contributed by atoms with Crippen LogP contribution in [0.25, 0.3) is 0 Å². The summed E-state index contributed by atoms with van der Waals surface area (Å²) >= 11 is 0. The minimum Gasteiger partial charge on any atom is -0.368 e. The molecule has 0 saturated heterocycles. The normalized spacial score (nSPS) is 16.5. The summed E-state index contributed by atoms with van der Waals surface area (Å²) in [6.07, 6.45) is 0.0136. The van der Waals surface area contributed by atoms with Gasteiger partial charge in [-0.05, 0) is 24.3 Å². The van der Waals surface area contributed by atoms with E-state index in [1.54, 1.807) is 30.3 Å². The van der Waals surface area contributed by atoms with Crippen LogP contribution in [0.4, 0.5) is 20.2 Å². The number of amides is 2. The van der Waals surface area contributed by atoms with Gasteiger partial charge in [-0.2, -0.15) is 5.10 Å². The van der Waals surface area contributed by atoms with Crippen LogP contribution in [0.2, 0.25) is 0 Å². The van der Waals surface area contributed by atoms with E-state index in [4.69, 9.17) is 5.73 Å². The van der Waals surface area contributed by atoms with Crippen molar-refractivity contribution in [3.63, 3.8) is 0 Å². The zero-order valence-corrected chi connectivity index (χ0v) is 12.9. The topological polar surface area (TPSA) is 87.8 Å². The Balaban J connectivity index is 1.82. The van der Waals surface area contributed by atoms with E-state index in [1.165, 1.54) is 11.1 Å². The first-order chi connectivity index (χ1) is 12.0. The first-order valence-electron chi connectivity index (χ1n) is 7.43. The van der Waals surface area contributed by atoms with E-state index in [1.807, 2.05) is 0 Å². The third-order valence-electron chi connectivity index (χ3n) is 3.70. The quantitative estimate of drug-likeness (QED) is 0.889. The van der Waals surface area contributed by atoms with Gasteiger partial charge >= 0.3 is 0 Å². The number of halogens is 2. The summed E-state index contributed by atoms with van der Waals surface area (Å²) in [6, 6.07) is 11.0. The maximum absolute atomic E-state index is 13.2. The highest BCUT2D eigenvalue weighted by Crippen LogP contribution is 2.25. The molecule has 2 amide bonds. The van der Waals surface area contributed by atoms with Crippen molar-refractivity contribution in [1.82, 2.24) is 0 Å². The van der Waals surface area contributed by atoms with Gasteiger partial charge in [0.05, 0.1) is 5.69 Å². The highest BCUT2D eigenvalue weighted by Gasteiger charge is 2.34. The molecule has 1 heterocycles. The molecule has 1 aliphatic rings. The molecule has 0 aliphatic carbocycles. The van der Waals surface area contributed by atoms with Crippen LogP contribution in [0.5, 0.6) is 0 Å². The number of nitrogens with one attached hydrogen (secondary N) is 1. The van der Waals surface area contributed by atoms with E-state index < -0.39 is 29.5 Å². The highest BCUT2D eigenvalue weighted by atomic mass is 19.2. The summed E-state index contributed by atoms with van der Waals surface area (Å²) < 4.78 is 26.2. The van der Waals surface area contributed by atoms with E-state index in [-0.39, 0.29) is 17.8 Å². The maximum atomic E-state index is 13.2. The number of nitrogens with two attached hydrogens (primary N) is 1. The van der Waals surface area contributed by atoms with Gasteiger partial charge in [-0.15, -0.1) is 0 Å². The Morgan fingerprint density at radius 2 is 1.84 bits per heavy atom. The molecule has 25 heavy (non-hydrogen) atoms. The Kier molecular flexibility index (Phi) is 4.42. The summed E-state index contributed by atoms with van der Waals surface area (Å²) in [6.45, 7) is 0. The average molecular weight is 344 g/mol. The molecule has 1 aliphatic heterocycles. The molecule has 2 aromatic rings. The van der Waals surface area contributed by atoms with E-state index in [9.17, 15) is 18.4 Å². The Morgan fingerprint density at radius 3 is 2.48 bits per heavy atom. The predicted molar refractivity (Wildman–Crippen MR) is 88.9 cm³/mol. The lowest BCUT2D eigenvalue weighted by molar-refractivity contribution is -0.119. The number of rotatable bonds is 4. The van der Waals surface area contributed by atoms with Crippen molar-refractivity contribution in [2.75, 3.05) is 10.3 Å². The number of benzene rings is 2. The molecule has 0 radical (unpaired) electrons. The molecule has 3 N–H and O–H groups in total. The third kappa shape index (κ3) is 3.47. The third-order valence-corrected chi connectivity index (χ3v) is 3.70. The molecule has 2 aromatic carbocycles. The van der Waals surface area contributed by atoms with Crippen LogP contribution < -0.4 is 16.1 Å². The standard InChI is InChI=1S/C17H14F2N4O2/c18-12-7-6-10(8-13(12)19)21-17(25)14-9-15(16(20)24)23(22-14)11-4-2-1-3-5-11/h1-8,15H,9H2,(H2,20,24)(H,21,25)/t15-/m0/s1. The molecule has 0 fully saturated rings. The van der Waals surface area contributed by atoms with Crippen molar-refractivity contribution in [3.05, 3.63) is 60.2 Å². The first-order valence-corrected chi connectivity index (χ1v) is 7.43. The monoisotopic (exact) mass is 344 g/mol. The minimum atomic E-state index is -1.08. The van der Waals surface area contributed by atoms with E-state index >= 15 is 0 Å². The van der Waals surface area contributed by atoms with Gasteiger partial charge in [-0.25, -0.2) is 8.78 Å². The molecule has 8 heteroatoms.